The van der Waals surface area contributed by atoms with Crippen molar-refractivity contribution in [1.82, 2.24) is 9.88 Å². The lowest BCUT2D eigenvalue weighted by Gasteiger charge is -2.31. The predicted molar refractivity (Wildman–Crippen MR) is 264 cm³/mol. The third-order valence-electron chi connectivity index (χ3n) is 13.3. The second-order valence-electron chi connectivity index (χ2n) is 16.9. The number of rotatable bonds is 6. The fraction of sp³-hybridized carbons (Fsp3) is 0.0877. The van der Waals surface area contributed by atoms with Gasteiger partial charge < -0.3 is 14.8 Å². The molecule has 0 spiro atoms. The van der Waals surface area contributed by atoms with Crippen molar-refractivity contribution < 1.29 is 0 Å². The number of aromatic nitrogens is 1. The predicted octanol–water partition coefficient (Wildman–Crippen LogP) is 13.9. The van der Waals surface area contributed by atoms with Gasteiger partial charge in [-0.05, 0) is 101 Å². The van der Waals surface area contributed by atoms with Gasteiger partial charge in [0.1, 0.15) is 12.0 Å². The highest BCUT2D eigenvalue weighted by Gasteiger charge is 2.40. The molecule has 2 aliphatic heterocycles. The number of benzene rings is 7. The van der Waals surface area contributed by atoms with Crippen LogP contribution < -0.4 is 10.2 Å². The number of thiophene rings is 1. The number of hydrogen-bond acceptors (Lipinski definition) is 5. The van der Waals surface area contributed by atoms with Crippen LogP contribution in [0.25, 0.3) is 58.8 Å². The van der Waals surface area contributed by atoms with Crippen LogP contribution in [0, 0.1) is 5.92 Å². The summed E-state index contributed by atoms with van der Waals surface area (Å²) in [5.41, 5.74) is 13.2. The molecule has 4 aliphatic rings. The highest BCUT2D eigenvalue weighted by Crippen LogP contribution is 2.46. The van der Waals surface area contributed by atoms with Crippen LogP contribution in [0.3, 0.4) is 0 Å². The summed E-state index contributed by atoms with van der Waals surface area (Å²) in [5.74, 6) is 1.99. The molecule has 0 fully saturated rings. The lowest BCUT2D eigenvalue weighted by molar-refractivity contribution is 0.653. The van der Waals surface area contributed by atoms with Gasteiger partial charge in [-0.1, -0.05) is 140 Å². The number of hydrogen-bond donors (Lipinski definition) is 1. The molecule has 0 bridgehead atoms. The van der Waals surface area contributed by atoms with Gasteiger partial charge in [-0.2, -0.15) is 0 Å². The quantitative estimate of drug-likeness (QED) is 0.181. The summed E-state index contributed by atoms with van der Waals surface area (Å²) < 4.78 is 4.93. The Kier molecular flexibility index (Phi) is 8.34. The Morgan fingerprint density at radius 3 is 2.21 bits per heavy atom. The van der Waals surface area contributed by atoms with Crippen molar-refractivity contribution in [2.24, 2.45) is 15.9 Å². The molecule has 2 aliphatic carbocycles. The van der Waals surface area contributed by atoms with E-state index < -0.39 is 0 Å². The fourth-order valence-corrected chi connectivity index (χ4v) is 11.5. The van der Waals surface area contributed by atoms with Crippen molar-refractivity contribution in [2.75, 3.05) is 4.90 Å². The zero-order valence-electron chi connectivity index (χ0n) is 34.4. The lowest BCUT2D eigenvalue weighted by atomic mass is 9.85. The van der Waals surface area contributed by atoms with Crippen molar-refractivity contribution in [2.45, 2.75) is 25.0 Å². The fourth-order valence-electron chi connectivity index (χ4n) is 10.4. The molecule has 4 heterocycles. The van der Waals surface area contributed by atoms with Crippen LogP contribution in [0.1, 0.15) is 30.1 Å². The van der Waals surface area contributed by atoms with Crippen LogP contribution in [0.4, 0.5) is 5.69 Å². The molecule has 1 N–H and O–H groups in total. The van der Waals surface area contributed by atoms with Crippen LogP contribution in [0.15, 0.2) is 227 Å². The van der Waals surface area contributed by atoms with Crippen molar-refractivity contribution in [3.05, 3.63) is 228 Å². The molecule has 2 aromatic heterocycles. The number of allylic oxidation sites excluding steroid dienone is 3. The normalized spacial score (nSPS) is 19.3. The number of nitrogens with zero attached hydrogens (tertiary/aromatic N) is 4. The van der Waals surface area contributed by atoms with Crippen LogP contribution in [0.2, 0.25) is 0 Å². The Morgan fingerprint density at radius 2 is 1.30 bits per heavy atom. The molecule has 13 rings (SSSR count). The first-order chi connectivity index (χ1) is 31.2. The van der Waals surface area contributed by atoms with Crippen LogP contribution in [-0.2, 0) is 0 Å². The van der Waals surface area contributed by atoms with Gasteiger partial charge in [-0.3, -0.25) is 0 Å². The van der Waals surface area contributed by atoms with E-state index in [0.717, 1.165) is 41.3 Å². The highest BCUT2D eigenvalue weighted by atomic mass is 32.1. The van der Waals surface area contributed by atoms with E-state index in [-0.39, 0.29) is 12.2 Å². The number of fused-ring (bicyclic) bond motifs is 8. The maximum atomic E-state index is 5.45. The summed E-state index contributed by atoms with van der Waals surface area (Å²) in [7, 11) is 0. The molecule has 3 atom stereocenters. The van der Waals surface area contributed by atoms with Crippen molar-refractivity contribution in [3.63, 3.8) is 0 Å². The summed E-state index contributed by atoms with van der Waals surface area (Å²) in [6, 6.07) is 61.7. The van der Waals surface area contributed by atoms with Gasteiger partial charge in [-0.15, -0.1) is 11.3 Å². The summed E-state index contributed by atoms with van der Waals surface area (Å²) in [6.07, 6.45) is 13.1. The molecule has 0 amide bonds. The summed E-state index contributed by atoms with van der Waals surface area (Å²) in [6.45, 7) is 0. The molecule has 9 aromatic rings. The molecular formula is C57H41N5S. The topological polar surface area (TPSA) is 44.9 Å². The standard InChI is InChI=1S/C57H41N5S/c1-3-14-36(15-4-1)37-28-31-51-48(33-37)44-21-8-11-24-50(44)62(51)42-19-13-16-38(32-42)55-58-56(60-57(59-55)40-27-30-47-46-22-9-12-25-53(46)63-54(47)35-40)39-26-29-45-43-20-7-10-23-49(43)61(52(45)34-39)41-17-5-2-6-18-41/h1-25,27-28,30-35,43,49,55H,26,29H2,(H,58,59,60). The Bertz CT molecular complexity index is 3510. The SMILES string of the molecule is C1=CC2C3=C(C=C(C4=NC(c5ccc6c(c5)sc5ccccc56)=NC(c5cccc(-n6c7ccccc7c7cc(-c8ccccc8)ccc76)c5)N4)CC3)N(c3ccccc3)C2C=C1. The van der Waals surface area contributed by atoms with Gasteiger partial charge in [0.15, 0.2) is 5.84 Å². The summed E-state index contributed by atoms with van der Waals surface area (Å²) >= 11 is 1.83. The van der Waals surface area contributed by atoms with Crippen molar-refractivity contribution in [3.8, 4) is 16.8 Å². The van der Waals surface area contributed by atoms with E-state index in [0.29, 0.717) is 5.92 Å². The highest BCUT2D eigenvalue weighted by molar-refractivity contribution is 7.25. The zero-order chi connectivity index (χ0) is 41.4. The number of aliphatic imine (C=N–C) groups is 2. The minimum Gasteiger partial charge on any atom is -0.344 e. The van der Waals surface area contributed by atoms with Gasteiger partial charge >= 0.3 is 0 Å². The lowest BCUT2D eigenvalue weighted by Crippen LogP contribution is -2.35. The van der Waals surface area contributed by atoms with Crippen LogP contribution in [0.5, 0.6) is 0 Å². The maximum Gasteiger partial charge on any atom is 0.159 e. The molecule has 0 radical (unpaired) electrons. The van der Waals surface area contributed by atoms with E-state index in [4.69, 9.17) is 9.98 Å². The van der Waals surface area contributed by atoms with Crippen LogP contribution >= 0.6 is 11.3 Å². The Labute approximate surface area is 369 Å². The molecule has 3 unspecified atom stereocenters. The minimum absolute atomic E-state index is 0.255. The molecule has 300 valence electrons. The molecule has 0 saturated heterocycles. The second-order valence-corrected chi connectivity index (χ2v) is 18.0. The van der Waals surface area contributed by atoms with E-state index in [1.807, 2.05) is 11.3 Å². The van der Waals surface area contributed by atoms with Gasteiger partial charge in [-0.25, -0.2) is 9.98 Å². The first-order valence-corrected chi connectivity index (χ1v) is 22.7. The van der Waals surface area contributed by atoms with E-state index in [9.17, 15) is 0 Å². The maximum absolute atomic E-state index is 5.45. The van der Waals surface area contributed by atoms with Gasteiger partial charge in [0.2, 0.25) is 0 Å². The Balaban J connectivity index is 0.937. The first kappa shape index (κ1) is 36.1. The first-order valence-electron chi connectivity index (χ1n) is 21.9. The third kappa shape index (κ3) is 5.97. The van der Waals surface area contributed by atoms with E-state index in [1.54, 1.807) is 0 Å². The number of nitrogens with one attached hydrogen (secondary N) is 1. The summed E-state index contributed by atoms with van der Waals surface area (Å²) in [4.78, 5) is 13.4. The van der Waals surface area contributed by atoms with Crippen molar-refractivity contribution >= 4 is 70.7 Å². The molecule has 5 nitrogen and oxygen atoms in total. The van der Waals surface area contributed by atoms with Crippen LogP contribution in [-0.4, -0.2) is 22.3 Å². The number of amidine groups is 2. The Hall–Kier alpha value is -7.54. The van der Waals surface area contributed by atoms with E-state index >= 15 is 0 Å². The Morgan fingerprint density at radius 1 is 0.556 bits per heavy atom. The molecular weight excluding hydrogens is 787 g/mol. The van der Waals surface area contributed by atoms with Crippen molar-refractivity contribution in [1.29, 1.82) is 0 Å². The van der Waals surface area contributed by atoms with E-state index in [2.05, 4.69) is 215 Å². The largest absolute Gasteiger partial charge is 0.344 e. The average molecular weight is 828 g/mol. The second kappa shape index (κ2) is 14.5. The number of anilines is 1. The average Bonchev–Trinajstić information content (AvgIpc) is 4.01. The number of para-hydroxylation sites is 2. The van der Waals surface area contributed by atoms with E-state index in [1.165, 1.54) is 75.6 Å². The minimum atomic E-state index is -0.359. The molecule has 0 saturated carbocycles. The third-order valence-corrected chi connectivity index (χ3v) is 14.4. The van der Waals surface area contributed by atoms with Gasteiger partial charge in [0.25, 0.3) is 0 Å². The zero-order valence-corrected chi connectivity index (χ0v) is 35.2. The molecule has 7 aromatic carbocycles. The smallest absolute Gasteiger partial charge is 0.159 e. The van der Waals surface area contributed by atoms with Gasteiger partial charge in [0, 0.05) is 59.5 Å². The molecule has 6 heteroatoms. The monoisotopic (exact) mass is 827 g/mol. The van der Waals surface area contributed by atoms with Gasteiger partial charge in [0.05, 0.1) is 17.1 Å². The molecule has 63 heavy (non-hydrogen) atoms. The summed E-state index contributed by atoms with van der Waals surface area (Å²) in [5, 5.41) is 8.91.